The van der Waals surface area contributed by atoms with Crippen molar-refractivity contribution in [2.75, 3.05) is 5.88 Å². The first-order valence-electron chi connectivity index (χ1n) is 4.82. The van der Waals surface area contributed by atoms with Gasteiger partial charge in [-0.1, -0.05) is 6.92 Å². The molecule has 1 aliphatic carbocycles. The zero-order valence-corrected chi connectivity index (χ0v) is 9.50. The van der Waals surface area contributed by atoms with Gasteiger partial charge >= 0.3 is 0 Å². The highest BCUT2D eigenvalue weighted by atomic mass is 35.5. The van der Waals surface area contributed by atoms with Crippen LogP contribution in [0.1, 0.15) is 25.3 Å². The number of halogens is 1. The van der Waals surface area contributed by atoms with Gasteiger partial charge < -0.3 is 0 Å². The maximum atomic E-state index is 6.06. The maximum absolute atomic E-state index is 6.06. The summed E-state index contributed by atoms with van der Waals surface area (Å²) in [5.74, 6) is 1.68. The molecule has 1 fully saturated rings. The molecule has 1 aromatic heterocycles. The molecule has 1 heterocycles. The van der Waals surface area contributed by atoms with Crippen LogP contribution in [0.5, 0.6) is 0 Å². The number of hydrogen-bond donors (Lipinski definition) is 0. The zero-order valence-electron chi connectivity index (χ0n) is 7.92. The second kappa shape index (κ2) is 3.62. The predicted molar refractivity (Wildman–Crippen MR) is 59.6 cm³/mol. The summed E-state index contributed by atoms with van der Waals surface area (Å²) < 4.78 is 0. The van der Waals surface area contributed by atoms with Crippen molar-refractivity contribution in [2.24, 2.45) is 11.3 Å². The van der Waals surface area contributed by atoms with Crippen LogP contribution in [-0.2, 0) is 6.42 Å². The predicted octanol–water partition coefficient (Wildman–Crippen LogP) is 3.95. The minimum absolute atomic E-state index is 0.350. The van der Waals surface area contributed by atoms with Gasteiger partial charge in [0.1, 0.15) is 0 Å². The molecule has 0 radical (unpaired) electrons. The highest BCUT2D eigenvalue weighted by Gasteiger charge is 2.40. The highest BCUT2D eigenvalue weighted by molar-refractivity contribution is 7.07. The third kappa shape index (κ3) is 2.08. The van der Waals surface area contributed by atoms with Crippen LogP contribution in [0.3, 0.4) is 0 Å². The summed E-state index contributed by atoms with van der Waals surface area (Å²) in [5.41, 5.74) is 1.81. The molecule has 1 saturated carbocycles. The van der Waals surface area contributed by atoms with Gasteiger partial charge in [-0.15, -0.1) is 11.6 Å². The van der Waals surface area contributed by atoms with E-state index in [0.29, 0.717) is 5.41 Å². The van der Waals surface area contributed by atoms with Crippen molar-refractivity contribution in [3.63, 3.8) is 0 Å². The molecule has 1 aliphatic rings. The summed E-state index contributed by atoms with van der Waals surface area (Å²) in [6, 6.07) is 2.22. The lowest BCUT2D eigenvalue weighted by atomic mass is 9.81. The smallest absolute Gasteiger partial charge is 0.0283 e. The SMILES string of the molecule is CC(CCl)(Cc1ccsc1)C1CC1. The largest absolute Gasteiger partial charge is 0.152 e. The van der Waals surface area contributed by atoms with Crippen molar-refractivity contribution in [1.82, 2.24) is 0 Å². The molecular formula is C11H15ClS. The zero-order chi connectivity index (χ0) is 9.31. The normalized spacial score (nSPS) is 21.4. The van der Waals surface area contributed by atoms with Crippen LogP contribution in [0.15, 0.2) is 16.8 Å². The Kier molecular flexibility index (Phi) is 2.66. The summed E-state index contributed by atoms with van der Waals surface area (Å²) in [6.45, 7) is 2.33. The van der Waals surface area contributed by atoms with Crippen LogP contribution in [0.4, 0.5) is 0 Å². The molecule has 0 bridgehead atoms. The second-order valence-electron chi connectivity index (χ2n) is 4.37. The molecule has 0 saturated heterocycles. The van der Waals surface area contributed by atoms with Crippen molar-refractivity contribution in [3.8, 4) is 0 Å². The Morgan fingerprint density at radius 2 is 2.38 bits per heavy atom. The van der Waals surface area contributed by atoms with Crippen LogP contribution < -0.4 is 0 Å². The molecule has 0 spiro atoms. The van der Waals surface area contributed by atoms with Gasteiger partial charge in [0.15, 0.2) is 0 Å². The minimum atomic E-state index is 0.350. The second-order valence-corrected chi connectivity index (χ2v) is 5.42. The topological polar surface area (TPSA) is 0 Å². The summed E-state index contributed by atoms with van der Waals surface area (Å²) in [5, 5.41) is 4.39. The Bertz CT molecular complexity index is 264. The third-order valence-electron chi connectivity index (χ3n) is 3.06. The monoisotopic (exact) mass is 214 g/mol. The molecule has 13 heavy (non-hydrogen) atoms. The van der Waals surface area contributed by atoms with Crippen molar-refractivity contribution in [2.45, 2.75) is 26.2 Å². The van der Waals surface area contributed by atoms with Crippen LogP contribution >= 0.6 is 22.9 Å². The van der Waals surface area contributed by atoms with E-state index in [1.54, 1.807) is 11.3 Å². The third-order valence-corrected chi connectivity index (χ3v) is 4.40. The van der Waals surface area contributed by atoms with Gasteiger partial charge in [0.2, 0.25) is 0 Å². The quantitative estimate of drug-likeness (QED) is 0.666. The van der Waals surface area contributed by atoms with E-state index < -0.39 is 0 Å². The Morgan fingerprint density at radius 1 is 1.62 bits per heavy atom. The van der Waals surface area contributed by atoms with E-state index in [4.69, 9.17) is 11.6 Å². The molecule has 2 rings (SSSR count). The van der Waals surface area contributed by atoms with Crippen LogP contribution in [-0.4, -0.2) is 5.88 Å². The average Bonchev–Trinajstić information content (AvgIpc) is 2.88. The molecule has 1 atom stereocenters. The molecule has 0 amide bonds. The molecule has 2 heteroatoms. The average molecular weight is 215 g/mol. The lowest BCUT2D eigenvalue weighted by molar-refractivity contribution is 0.314. The number of hydrogen-bond acceptors (Lipinski definition) is 1. The van der Waals surface area contributed by atoms with Crippen molar-refractivity contribution >= 4 is 22.9 Å². The maximum Gasteiger partial charge on any atom is 0.0283 e. The lowest BCUT2D eigenvalue weighted by Crippen LogP contribution is -2.24. The molecule has 0 aromatic carbocycles. The van der Waals surface area contributed by atoms with Gasteiger partial charge in [0, 0.05) is 5.88 Å². The van der Waals surface area contributed by atoms with E-state index in [1.165, 1.54) is 18.4 Å². The Morgan fingerprint density at radius 3 is 2.85 bits per heavy atom. The first-order chi connectivity index (χ1) is 6.24. The lowest BCUT2D eigenvalue weighted by Gasteiger charge is -2.26. The van der Waals surface area contributed by atoms with E-state index in [9.17, 15) is 0 Å². The fourth-order valence-corrected chi connectivity index (χ4v) is 2.92. The molecular weight excluding hydrogens is 200 g/mol. The first kappa shape index (κ1) is 9.54. The van der Waals surface area contributed by atoms with Crippen LogP contribution in [0, 0.1) is 11.3 Å². The fourth-order valence-electron chi connectivity index (χ4n) is 1.94. The molecule has 1 aromatic rings. The van der Waals surface area contributed by atoms with Crippen LogP contribution in [0.25, 0.3) is 0 Å². The fraction of sp³-hybridized carbons (Fsp3) is 0.636. The van der Waals surface area contributed by atoms with Gasteiger partial charge in [-0.05, 0) is 53.0 Å². The van der Waals surface area contributed by atoms with Gasteiger partial charge in [-0.3, -0.25) is 0 Å². The molecule has 0 aliphatic heterocycles. The van der Waals surface area contributed by atoms with Crippen molar-refractivity contribution in [1.29, 1.82) is 0 Å². The molecule has 0 N–H and O–H groups in total. The van der Waals surface area contributed by atoms with E-state index in [0.717, 1.165) is 18.2 Å². The summed E-state index contributed by atoms with van der Waals surface area (Å²) in [7, 11) is 0. The minimum Gasteiger partial charge on any atom is -0.152 e. The van der Waals surface area contributed by atoms with E-state index in [2.05, 4.69) is 23.8 Å². The number of thiophene rings is 1. The van der Waals surface area contributed by atoms with E-state index >= 15 is 0 Å². The Labute approximate surface area is 88.9 Å². The summed E-state index contributed by atoms with van der Waals surface area (Å²) in [6.07, 6.45) is 3.92. The number of rotatable bonds is 4. The van der Waals surface area contributed by atoms with Gasteiger partial charge in [-0.25, -0.2) is 0 Å². The van der Waals surface area contributed by atoms with Crippen molar-refractivity contribution < 1.29 is 0 Å². The van der Waals surface area contributed by atoms with Crippen molar-refractivity contribution in [3.05, 3.63) is 22.4 Å². The first-order valence-corrected chi connectivity index (χ1v) is 6.29. The summed E-state index contributed by atoms with van der Waals surface area (Å²) >= 11 is 7.84. The molecule has 72 valence electrons. The van der Waals surface area contributed by atoms with Gasteiger partial charge in [0.25, 0.3) is 0 Å². The van der Waals surface area contributed by atoms with Crippen LogP contribution in [0.2, 0.25) is 0 Å². The van der Waals surface area contributed by atoms with E-state index in [-0.39, 0.29) is 0 Å². The highest BCUT2D eigenvalue weighted by Crippen LogP contribution is 2.48. The standard InChI is InChI=1S/C11H15ClS/c1-11(8-12,10-2-3-10)6-9-4-5-13-7-9/h4-5,7,10H,2-3,6,8H2,1H3. The Balaban J connectivity index is 2.05. The van der Waals surface area contributed by atoms with Gasteiger partial charge in [-0.2, -0.15) is 11.3 Å². The van der Waals surface area contributed by atoms with Gasteiger partial charge in [0.05, 0.1) is 0 Å². The number of alkyl halides is 1. The molecule has 1 unspecified atom stereocenters. The Hall–Kier alpha value is -0.0100. The van der Waals surface area contributed by atoms with E-state index in [1.807, 2.05) is 0 Å². The summed E-state index contributed by atoms with van der Waals surface area (Å²) in [4.78, 5) is 0. The molecule has 0 nitrogen and oxygen atoms in total.